The average Bonchev–Trinajstić information content (AvgIpc) is 2.61. The standard InChI is InChI=1S/C10H19NO2S/c1-14(12,13)8-10(5-6-10)7-11-9-3-2-4-9/h9,11H,2-8H2,1H3. The summed E-state index contributed by atoms with van der Waals surface area (Å²) >= 11 is 0. The van der Waals surface area contributed by atoms with Crippen molar-refractivity contribution in [1.82, 2.24) is 5.32 Å². The zero-order chi connectivity index (χ0) is 10.2. The van der Waals surface area contributed by atoms with Crippen LogP contribution in [-0.4, -0.2) is 33.0 Å². The molecule has 0 aliphatic heterocycles. The van der Waals surface area contributed by atoms with E-state index in [0.29, 0.717) is 11.8 Å². The summed E-state index contributed by atoms with van der Waals surface area (Å²) in [5.74, 6) is 0.375. The van der Waals surface area contributed by atoms with Crippen LogP contribution in [0.2, 0.25) is 0 Å². The van der Waals surface area contributed by atoms with E-state index in [9.17, 15) is 8.42 Å². The Kier molecular flexibility index (Phi) is 2.60. The van der Waals surface area contributed by atoms with Gasteiger partial charge in [-0.25, -0.2) is 8.42 Å². The molecule has 0 spiro atoms. The molecule has 0 aromatic heterocycles. The van der Waals surface area contributed by atoms with E-state index in [4.69, 9.17) is 0 Å². The van der Waals surface area contributed by atoms with Gasteiger partial charge in [0.05, 0.1) is 5.75 Å². The zero-order valence-electron chi connectivity index (χ0n) is 8.75. The quantitative estimate of drug-likeness (QED) is 0.746. The van der Waals surface area contributed by atoms with Crippen molar-refractivity contribution in [3.05, 3.63) is 0 Å². The molecule has 2 saturated carbocycles. The first-order valence-corrected chi connectivity index (χ1v) is 7.46. The van der Waals surface area contributed by atoms with Crippen molar-refractivity contribution in [2.75, 3.05) is 18.6 Å². The minimum atomic E-state index is -2.80. The van der Waals surface area contributed by atoms with Gasteiger partial charge in [-0.05, 0) is 31.1 Å². The van der Waals surface area contributed by atoms with Crippen molar-refractivity contribution < 1.29 is 8.42 Å². The monoisotopic (exact) mass is 217 g/mol. The van der Waals surface area contributed by atoms with Crippen molar-refractivity contribution in [2.45, 2.75) is 38.1 Å². The molecule has 82 valence electrons. The van der Waals surface area contributed by atoms with Gasteiger partial charge in [-0.1, -0.05) is 6.42 Å². The van der Waals surface area contributed by atoms with Crippen LogP contribution < -0.4 is 5.32 Å². The second-order valence-electron chi connectivity index (χ2n) is 5.08. The summed E-state index contributed by atoms with van der Waals surface area (Å²) in [6.45, 7) is 0.907. The topological polar surface area (TPSA) is 46.2 Å². The Morgan fingerprint density at radius 1 is 1.36 bits per heavy atom. The summed E-state index contributed by atoms with van der Waals surface area (Å²) in [6, 6.07) is 0.673. The number of nitrogens with one attached hydrogen (secondary N) is 1. The maximum absolute atomic E-state index is 11.2. The van der Waals surface area contributed by atoms with E-state index in [1.165, 1.54) is 25.5 Å². The molecule has 4 heteroatoms. The van der Waals surface area contributed by atoms with Gasteiger partial charge in [-0.15, -0.1) is 0 Å². The van der Waals surface area contributed by atoms with Crippen LogP contribution >= 0.6 is 0 Å². The maximum atomic E-state index is 11.2. The average molecular weight is 217 g/mol. The van der Waals surface area contributed by atoms with Crippen molar-refractivity contribution in [2.24, 2.45) is 5.41 Å². The van der Waals surface area contributed by atoms with E-state index in [2.05, 4.69) is 5.32 Å². The Morgan fingerprint density at radius 3 is 2.36 bits per heavy atom. The second kappa shape index (κ2) is 3.49. The van der Waals surface area contributed by atoms with Crippen LogP contribution in [0.3, 0.4) is 0 Å². The first kappa shape index (κ1) is 10.4. The van der Waals surface area contributed by atoms with Crippen LogP contribution in [-0.2, 0) is 9.84 Å². The minimum Gasteiger partial charge on any atom is -0.313 e. The van der Waals surface area contributed by atoms with Crippen LogP contribution in [0, 0.1) is 5.41 Å². The van der Waals surface area contributed by atoms with E-state index < -0.39 is 9.84 Å². The minimum absolute atomic E-state index is 0.100. The van der Waals surface area contributed by atoms with E-state index in [1.54, 1.807) is 0 Å². The Hall–Kier alpha value is -0.0900. The molecule has 0 unspecified atom stereocenters. The molecule has 0 saturated heterocycles. The fraction of sp³-hybridized carbons (Fsp3) is 1.00. The third kappa shape index (κ3) is 2.70. The van der Waals surface area contributed by atoms with Crippen molar-refractivity contribution >= 4 is 9.84 Å². The Balaban J connectivity index is 1.78. The van der Waals surface area contributed by atoms with Gasteiger partial charge in [0.2, 0.25) is 0 Å². The number of hydrogen-bond donors (Lipinski definition) is 1. The molecular weight excluding hydrogens is 198 g/mol. The molecular formula is C10H19NO2S. The fourth-order valence-electron chi connectivity index (χ4n) is 2.08. The molecule has 2 rings (SSSR count). The first-order valence-electron chi connectivity index (χ1n) is 5.40. The molecule has 0 amide bonds. The lowest BCUT2D eigenvalue weighted by atomic mass is 9.92. The van der Waals surface area contributed by atoms with E-state index in [1.807, 2.05) is 0 Å². The maximum Gasteiger partial charge on any atom is 0.148 e. The summed E-state index contributed by atoms with van der Waals surface area (Å²) in [7, 11) is -2.80. The molecule has 0 radical (unpaired) electrons. The number of sulfone groups is 1. The van der Waals surface area contributed by atoms with Gasteiger partial charge in [0.25, 0.3) is 0 Å². The molecule has 14 heavy (non-hydrogen) atoms. The molecule has 2 aliphatic rings. The van der Waals surface area contributed by atoms with Crippen LogP contribution in [0.25, 0.3) is 0 Å². The largest absolute Gasteiger partial charge is 0.313 e. The van der Waals surface area contributed by atoms with Crippen LogP contribution in [0.1, 0.15) is 32.1 Å². The highest BCUT2D eigenvalue weighted by Crippen LogP contribution is 2.46. The lowest BCUT2D eigenvalue weighted by Crippen LogP contribution is -2.40. The highest BCUT2D eigenvalue weighted by atomic mass is 32.2. The number of rotatable bonds is 5. The van der Waals surface area contributed by atoms with Gasteiger partial charge < -0.3 is 5.32 Å². The first-order chi connectivity index (χ1) is 6.49. The Bertz CT molecular complexity index is 302. The van der Waals surface area contributed by atoms with Crippen LogP contribution in [0.4, 0.5) is 0 Å². The van der Waals surface area contributed by atoms with Gasteiger partial charge in [0.15, 0.2) is 0 Å². The Labute approximate surface area is 86.2 Å². The van der Waals surface area contributed by atoms with E-state index in [0.717, 1.165) is 19.4 Å². The van der Waals surface area contributed by atoms with Crippen molar-refractivity contribution in [1.29, 1.82) is 0 Å². The lowest BCUT2D eigenvalue weighted by molar-refractivity contribution is 0.316. The van der Waals surface area contributed by atoms with Crippen molar-refractivity contribution in [3.63, 3.8) is 0 Å². The molecule has 2 fully saturated rings. The molecule has 0 heterocycles. The van der Waals surface area contributed by atoms with Crippen molar-refractivity contribution in [3.8, 4) is 0 Å². The van der Waals surface area contributed by atoms with Crippen LogP contribution in [0.15, 0.2) is 0 Å². The molecule has 0 aromatic rings. The number of hydrogen-bond acceptors (Lipinski definition) is 3. The zero-order valence-corrected chi connectivity index (χ0v) is 9.57. The highest BCUT2D eigenvalue weighted by molar-refractivity contribution is 7.90. The van der Waals surface area contributed by atoms with Gasteiger partial charge >= 0.3 is 0 Å². The summed E-state index contributed by atoms with van der Waals surface area (Å²) in [5.41, 5.74) is 0.100. The summed E-state index contributed by atoms with van der Waals surface area (Å²) in [5, 5.41) is 3.48. The molecule has 0 atom stereocenters. The molecule has 3 nitrogen and oxygen atoms in total. The van der Waals surface area contributed by atoms with Crippen LogP contribution in [0.5, 0.6) is 0 Å². The smallest absolute Gasteiger partial charge is 0.148 e. The molecule has 0 aromatic carbocycles. The predicted molar refractivity (Wildman–Crippen MR) is 57.0 cm³/mol. The molecule has 2 aliphatic carbocycles. The third-order valence-corrected chi connectivity index (χ3v) is 4.53. The third-order valence-electron chi connectivity index (χ3n) is 3.40. The predicted octanol–water partition coefficient (Wildman–Crippen LogP) is 0.953. The normalized spacial score (nSPS) is 25.8. The van der Waals surface area contributed by atoms with E-state index in [-0.39, 0.29) is 5.41 Å². The van der Waals surface area contributed by atoms with Gasteiger partial charge in [-0.3, -0.25) is 0 Å². The highest BCUT2D eigenvalue weighted by Gasteiger charge is 2.45. The fourth-order valence-corrected chi connectivity index (χ4v) is 3.58. The second-order valence-corrected chi connectivity index (χ2v) is 7.22. The van der Waals surface area contributed by atoms with E-state index >= 15 is 0 Å². The summed E-state index contributed by atoms with van der Waals surface area (Å²) in [4.78, 5) is 0. The van der Waals surface area contributed by atoms with Gasteiger partial charge in [0.1, 0.15) is 9.84 Å². The van der Waals surface area contributed by atoms with Gasteiger partial charge in [0, 0.05) is 18.8 Å². The van der Waals surface area contributed by atoms with Gasteiger partial charge in [-0.2, -0.15) is 0 Å². The lowest BCUT2D eigenvalue weighted by Gasteiger charge is -2.28. The SMILES string of the molecule is CS(=O)(=O)CC1(CNC2CCC2)CC1. The Morgan fingerprint density at radius 2 is 2.00 bits per heavy atom. The summed E-state index contributed by atoms with van der Waals surface area (Å²) in [6.07, 6.45) is 7.39. The molecule has 0 bridgehead atoms. The molecule has 1 N–H and O–H groups in total. The summed E-state index contributed by atoms with van der Waals surface area (Å²) < 4.78 is 22.4.